The maximum atomic E-state index is 10.8. The Morgan fingerprint density at radius 3 is 2.67 bits per heavy atom. The van der Waals surface area contributed by atoms with Gasteiger partial charge < -0.3 is 39.8 Å². The lowest BCUT2D eigenvalue weighted by atomic mass is 10.0. The minimum absolute atomic E-state index is 0.0571. The van der Waals surface area contributed by atoms with Crippen molar-refractivity contribution in [2.75, 3.05) is 6.61 Å². The second kappa shape index (κ2) is 9.07. The van der Waals surface area contributed by atoms with Gasteiger partial charge in [-0.3, -0.25) is 4.28 Å². The molecule has 0 amide bonds. The maximum absolute atomic E-state index is 10.8. The van der Waals surface area contributed by atoms with Gasteiger partial charge >= 0.3 is 0 Å². The molecule has 3 rings (SSSR count). The predicted octanol–water partition coefficient (Wildman–Crippen LogP) is -1.26. The topological polar surface area (TPSA) is 205 Å². The van der Waals surface area contributed by atoms with Gasteiger partial charge in [-0.15, -0.1) is 0 Å². The van der Waals surface area contributed by atoms with E-state index in [1.54, 1.807) is 12.1 Å². The summed E-state index contributed by atoms with van der Waals surface area (Å²) in [6.07, 6.45) is -4.67. The number of phenols is 1. The summed E-state index contributed by atoms with van der Waals surface area (Å²) < 4.78 is 41.8. The molecule has 0 aliphatic carbocycles. The van der Waals surface area contributed by atoms with E-state index < -0.39 is 46.9 Å². The Morgan fingerprint density at radius 2 is 2.00 bits per heavy atom. The summed E-state index contributed by atoms with van der Waals surface area (Å²) in [7, 11) is -5.18. The molecule has 1 aromatic carbocycles. The molecular weight excluding hydrogens is 444 g/mol. The molecule has 0 bridgehead atoms. The molecule has 6 N–H and O–H groups in total. The monoisotopic (exact) mass is 463 g/mol. The summed E-state index contributed by atoms with van der Waals surface area (Å²) >= 11 is 0.624. The Balaban J connectivity index is 1.89. The first-order valence-electron chi connectivity index (χ1n) is 8.57. The predicted molar refractivity (Wildman–Crippen MR) is 103 cm³/mol. The Bertz CT molecular complexity index is 1020. The van der Waals surface area contributed by atoms with Crippen molar-refractivity contribution in [3.05, 3.63) is 30.0 Å². The molecule has 2 aromatic rings. The molecule has 5 unspecified atom stereocenters. The molecule has 0 saturated carbocycles. The average Bonchev–Trinajstić information content (AvgIpc) is 3.10. The number of hydrogen-bond donors (Lipinski definition) is 6. The minimum Gasteiger partial charge on any atom is -0.714 e. The van der Waals surface area contributed by atoms with Crippen LogP contribution in [0.1, 0.15) is 5.56 Å². The molecule has 0 radical (unpaired) electrons. The average molecular weight is 463 g/mol. The molecule has 1 aliphatic heterocycles. The number of aromatic amines is 1. The lowest BCUT2D eigenvalue weighted by Gasteiger charge is -2.39. The van der Waals surface area contributed by atoms with E-state index in [2.05, 4.69) is 14.4 Å². The van der Waals surface area contributed by atoms with Crippen LogP contribution in [-0.4, -0.2) is 85.0 Å². The number of oxime groups is 1. The van der Waals surface area contributed by atoms with E-state index >= 15 is 0 Å². The Kier molecular flexibility index (Phi) is 6.88. The lowest BCUT2D eigenvalue weighted by molar-refractivity contribution is -0.205. The van der Waals surface area contributed by atoms with Crippen molar-refractivity contribution in [1.82, 2.24) is 4.98 Å². The van der Waals surface area contributed by atoms with Crippen LogP contribution in [-0.2, 0) is 25.8 Å². The molecule has 1 aromatic heterocycles. The van der Waals surface area contributed by atoms with Crippen LogP contribution in [0.3, 0.4) is 0 Å². The molecule has 2 heterocycles. The summed E-state index contributed by atoms with van der Waals surface area (Å²) in [5, 5.41) is 52.9. The third kappa shape index (κ3) is 5.04. The summed E-state index contributed by atoms with van der Waals surface area (Å²) in [6, 6.07) is 4.75. The number of aliphatic hydroxyl groups excluding tert-OH is 4. The molecule has 1 saturated heterocycles. The smallest absolute Gasteiger partial charge is 0.284 e. The van der Waals surface area contributed by atoms with Gasteiger partial charge in [-0.1, -0.05) is 23.0 Å². The van der Waals surface area contributed by atoms with Crippen LogP contribution in [0.2, 0.25) is 0 Å². The summed E-state index contributed by atoms with van der Waals surface area (Å²) in [6.45, 7) is -0.657. The number of benzene rings is 1. The molecule has 5 atom stereocenters. The maximum Gasteiger partial charge on any atom is 0.284 e. The van der Waals surface area contributed by atoms with Gasteiger partial charge in [0.1, 0.15) is 40.6 Å². The van der Waals surface area contributed by atoms with Gasteiger partial charge in [0.2, 0.25) is 0 Å². The van der Waals surface area contributed by atoms with E-state index in [9.17, 15) is 38.5 Å². The normalized spacial score (nSPS) is 28.0. The molecule has 30 heavy (non-hydrogen) atoms. The number of fused-ring (bicyclic) bond motifs is 1. The van der Waals surface area contributed by atoms with Crippen molar-refractivity contribution >= 4 is 38.1 Å². The summed E-state index contributed by atoms with van der Waals surface area (Å²) in [4.78, 5) is 2.92. The Labute approximate surface area is 174 Å². The van der Waals surface area contributed by atoms with E-state index in [1.165, 1.54) is 12.3 Å². The second-order valence-corrected chi connectivity index (χ2v) is 8.61. The number of nitrogens with zero attached hydrogens (tertiary/aromatic N) is 1. The Morgan fingerprint density at radius 1 is 1.27 bits per heavy atom. The number of nitrogens with one attached hydrogen (secondary N) is 1. The number of aromatic hydroxyl groups is 1. The Hall–Kier alpha value is -1.91. The zero-order valence-electron chi connectivity index (χ0n) is 15.2. The number of aliphatic hydroxyl groups is 4. The number of aromatic nitrogens is 1. The van der Waals surface area contributed by atoms with Crippen molar-refractivity contribution in [3.63, 3.8) is 0 Å². The molecular formula is C16H19N2O10S2-. The summed E-state index contributed by atoms with van der Waals surface area (Å²) in [5.74, 6) is -0.0571. The van der Waals surface area contributed by atoms with Gasteiger partial charge in [-0.05, 0) is 17.7 Å². The SMILES string of the molecule is O=S(=O)([O-])O/N=C(/Cc1c[nH]c2cccc(O)c12)SC1OC(CO)C(O)C(O)C1O. The van der Waals surface area contributed by atoms with Gasteiger partial charge in [-0.2, -0.15) is 8.42 Å². The van der Waals surface area contributed by atoms with Crippen molar-refractivity contribution in [1.29, 1.82) is 0 Å². The number of thioether (sulfide) groups is 1. The van der Waals surface area contributed by atoms with Crippen molar-refractivity contribution in [3.8, 4) is 5.75 Å². The largest absolute Gasteiger partial charge is 0.714 e. The number of H-pyrrole nitrogens is 1. The van der Waals surface area contributed by atoms with Gasteiger partial charge in [0, 0.05) is 23.5 Å². The minimum atomic E-state index is -5.18. The first kappa shape index (κ1) is 22.8. The highest BCUT2D eigenvalue weighted by molar-refractivity contribution is 8.14. The standard InChI is InChI=1S/C16H20N2O10S2/c19-6-10-13(21)14(22)15(23)16(27-10)29-11(18-28-30(24,25)26)4-7-5-17-8-2-1-3-9(20)12(7)8/h1-3,5,10,13-17,19-23H,4,6H2,(H,24,25,26)/p-1/b18-11-. The first-order chi connectivity index (χ1) is 14.1. The molecule has 166 valence electrons. The van der Waals surface area contributed by atoms with Crippen molar-refractivity contribution in [2.24, 2.45) is 5.16 Å². The lowest BCUT2D eigenvalue weighted by Crippen LogP contribution is -2.57. The highest BCUT2D eigenvalue weighted by Crippen LogP contribution is 2.33. The number of ether oxygens (including phenoxy) is 1. The fraction of sp³-hybridized carbons (Fsp3) is 0.438. The van der Waals surface area contributed by atoms with E-state index in [0.29, 0.717) is 28.2 Å². The van der Waals surface area contributed by atoms with Gasteiger partial charge in [-0.25, -0.2) is 0 Å². The van der Waals surface area contributed by atoms with Crippen LogP contribution in [0.5, 0.6) is 5.75 Å². The highest BCUT2D eigenvalue weighted by Gasteiger charge is 2.44. The first-order valence-corrected chi connectivity index (χ1v) is 10.8. The van der Waals surface area contributed by atoms with Crippen LogP contribution in [0, 0.1) is 0 Å². The third-order valence-electron chi connectivity index (χ3n) is 4.44. The quantitative estimate of drug-likeness (QED) is 0.0980. The zero-order chi connectivity index (χ0) is 22.1. The fourth-order valence-corrected chi connectivity index (χ4v) is 4.33. The van der Waals surface area contributed by atoms with Crippen LogP contribution in [0.25, 0.3) is 10.9 Å². The second-order valence-electron chi connectivity index (χ2n) is 6.47. The van der Waals surface area contributed by atoms with Crippen LogP contribution < -0.4 is 0 Å². The van der Waals surface area contributed by atoms with Gasteiger partial charge in [0.25, 0.3) is 10.4 Å². The van der Waals surface area contributed by atoms with E-state index in [1.807, 2.05) is 0 Å². The number of phenolic OH excluding ortho intramolecular Hbond substituents is 1. The van der Waals surface area contributed by atoms with E-state index in [-0.39, 0.29) is 17.2 Å². The van der Waals surface area contributed by atoms with Crippen LogP contribution >= 0.6 is 11.8 Å². The number of rotatable bonds is 6. The molecule has 12 nitrogen and oxygen atoms in total. The molecule has 1 fully saturated rings. The fourth-order valence-electron chi connectivity index (χ4n) is 3.02. The van der Waals surface area contributed by atoms with E-state index in [0.717, 1.165) is 0 Å². The van der Waals surface area contributed by atoms with E-state index in [4.69, 9.17) is 4.74 Å². The van der Waals surface area contributed by atoms with Crippen LogP contribution in [0.4, 0.5) is 0 Å². The van der Waals surface area contributed by atoms with Crippen molar-refractivity contribution < 1.29 is 47.5 Å². The van der Waals surface area contributed by atoms with Gasteiger partial charge in [0.15, 0.2) is 0 Å². The molecule has 14 heteroatoms. The highest BCUT2D eigenvalue weighted by atomic mass is 32.3. The number of hydrogen-bond acceptors (Lipinski definition) is 12. The molecule has 0 spiro atoms. The third-order valence-corrected chi connectivity index (χ3v) is 5.81. The van der Waals surface area contributed by atoms with Crippen molar-refractivity contribution in [2.45, 2.75) is 36.3 Å². The zero-order valence-corrected chi connectivity index (χ0v) is 16.8. The van der Waals surface area contributed by atoms with Crippen LogP contribution in [0.15, 0.2) is 29.6 Å². The molecule has 1 aliphatic rings. The van der Waals surface area contributed by atoms with Gasteiger partial charge in [0.05, 0.1) is 6.61 Å². The summed E-state index contributed by atoms with van der Waals surface area (Å²) in [5.41, 5.74) is -0.235.